The third-order valence-corrected chi connectivity index (χ3v) is 8.32. The van der Waals surface area contributed by atoms with Gasteiger partial charge in [0.1, 0.15) is 6.61 Å². The maximum absolute atomic E-state index is 12.1. The Bertz CT molecular complexity index is 930. The second kappa shape index (κ2) is 8.04. The largest absolute Gasteiger partial charge is 0.487 e. The van der Waals surface area contributed by atoms with E-state index in [0.717, 1.165) is 37.7 Å². The maximum Gasteiger partial charge on any atom is 0.409 e. The van der Waals surface area contributed by atoms with Gasteiger partial charge in [0, 0.05) is 6.92 Å². The van der Waals surface area contributed by atoms with E-state index in [1.165, 1.54) is 31.2 Å². The van der Waals surface area contributed by atoms with E-state index < -0.39 is 16.2 Å². The average molecular weight is 438 g/mol. The van der Waals surface area contributed by atoms with Crippen molar-refractivity contribution in [2.45, 2.75) is 64.7 Å². The number of aryl methyl sites for hydroxylation is 1. The fraction of sp³-hybridized carbons (Fsp3) is 0.682. The van der Waals surface area contributed by atoms with Crippen molar-refractivity contribution < 1.29 is 27.2 Å². The number of ether oxygens (including phenoxy) is 1. The second-order valence-electron chi connectivity index (χ2n) is 9.27. The van der Waals surface area contributed by atoms with Gasteiger partial charge in [-0.1, -0.05) is 13.3 Å². The average Bonchev–Trinajstić information content (AvgIpc) is 3.06. The zero-order valence-corrected chi connectivity index (χ0v) is 18.5. The predicted octanol–water partition coefficient (Wildman–Crippen LogP) is 3.06. The number of carbonyl (C=O) groups excluding carboxylic acids is 1. The molecule has 166 valence electrons. The van der Waals surface area contributed by atoms with Crippen molar-refractivity contribution in [3.8, 4) is 11.5 Å². The first-order valence-corrected chi connectivity index (χ1v) is 12.3. The number of rotatable bonds is 6. The molecule has 0 saturated heterocycles. The molecule has 0 radical (unpaired) electrons. The fourth-order valence-electron chi connectivity index (χ4n) is 6.22. The zero-order chi connectivity index (χ0) is 21.5. The highest BCUT2D eigenvalue weighted by Gasteiger charge is 2.50. The number of amides is 1. The third-order valence-electron chi connectivity index (χ3n) is 7.39. The van der Waals surface area contributed by atoms with Crippen LogP contribution in [0.1, 0.15) is 69.4 Å². The summed E-state index contributed by atoms with van der Waals surface area (Å²) in [6.45, 7) is 3.40. The van der Waals surface area contributed by atoms with Crippen molar-refractivity contribution >= 4 is 16.2 Å². The molecule has 2 fully saturated rings. The van der Waals surface area contributed by atoms with Gasteiger partial charge in [0.15, 0.2) is 11.5 Å². The van der Waals surface area contributed by atoms with Gasteiger partial charge in [-0.15, -0.1) is 0 Å². The Morgan fingerprint density at radius 1 is 1.23 bits per heavy atom. The number of hydrogen-bond donors (Lipinski definition) is 2. The fourth-order valence-corrected chi connectivity index (χ4v) is 6.98. The van der Waals surface area contributed by atoms with Crippen molar-refractivity contribution in [2.24, 2.45) is 17.3 Å². The first-order valence-electron chi connectivity index (χ1n) is 10.9. The van der Waals surface area contributed by atoms with Crippen molar-refractivity contribution in [1.29, 1.82) is 0 Å². The Balaban J connectivity index is 1.67. The van der Waals surface area contributed by atoms with Crippen molar-refractivity contribution in [3.63, 3.8) is 0 Å². The smallest absolute Gasteiger partial charge is 0.409 e. The molecule has 0 heterocycles. The third kappa shape index (κ3) is 4.04. The van der Waals surface area contributed by atoms with Gasteiger partial charge in [-0.05, 0) is 85.0 Å². The van der Waals surface area contributed by atoms with E-state index in [9.17, 15) is 18.3 Å². The summed E-state index contributed by atoms with van der Waals surface area (Å²) in [4.78, 5) is 11.2. The highest BCUT2D eigenvalue weighted by molar-refractivity contribution is 7.85. The molecule has 3 aliphatic rings. The molecule has 2 N–H and O–H groups in total. The first kappa shape index (κ1) is 21.4. The summed E-state index contributed by atoms with van der Waals surface area (Å²) in [5.74, 6) is 1.47. The predicted molar refractivity (Wildman–Crippen MR) is 112 cm³/mol. The van der Waals surface area contributed by atoms with E-state index >= 15 is 0 Å². The van der Waals surface area contributed by atoms with E-state index in [1.807, 2.05) is 10.8 Å². The second-order valence-corrected chi connectivity index (χ2v) is 10.5. The summed E-state index contributed by atoms with van der Waals surface area (Å²) < 4.78 is 36.9. The van der Waals surface area contributed by atoms with Gasteiger partial charge in [-0.25, -0.2) is 4.72 Å². The van der Waals surface area contributed by atoms with Crippen LogP contribution in [-0.2, 0) is 21.5 Å². The van der Waals surface area contributed by atoms with Gasteiger partial charge < -0.3 is 14.0 Å². The standard InChI is InChI=1S/C22H31NO6S/c1-14(25)23-30(26,27)29-21-12-15-5-6-17-16(18(15)13-20(21)28-11-10-24)7-9-22(2)8-3-4-19(17)22/h12-13,16-17,19,24H,3-11H2,1-2H3,(H,23,25)/t16?,17?,19?,22-/m0/s1. The van der Waals surface area contributed by atoms with Crippen LogP contribution in [0, 0.1) is 17.3 Å². The Labute approximate surface area is 178 Å². The van der Waals surface area contributed by atoms with Crippen molar-refractivity contribution in [3.05, 3.63) is 23.3 Å². The van der Waals surface area contributed by atoms with Crippen LogP contribution in [0.4, 0.5) is 0 Å². The number of carbonyl (C=O) groups is 1. The maximum atomic E-state index is 12.1. The summed E-state index contributed by atoms with van der Waals surface area (Å²) in [5, 5.41) is 9.19. The van der Waals surface area contributed by atoms with Crippen LogP contribution < -0.4 is 13.6 Å². The monoisotopic (exact) mass is 437 g/mol. The molecule has 0 aromatic heterocycles. The summed E-state index contributed by atoms with van der Waals surface area (Å²) >= 11 is 0. The minimum absolute atomic E-state index is 0.0319. The van der Waals surface area contributed by atoms with Crippen LogP contribution in [-0.4, -0.2) is 32.6 Å². The Hall–Kier alpha value is -1.80. The SMILES string of the molecule is CC(=O)NS(=O)(=O)Oc1cc2c(cc1OCCO)C1CC[C@]3(C)CCCC3C1CC2. The lowest BCUT2D eigenvalue weighted by molar-refractivity contribution is -0.117. The van der Waals surface area contributed by atoms with Crippen LogP contribution >= 0.6 is 0 Å². The summed E-state index contributed by atoms with van der Waals surface area (Å²) in [5.41, 5.74) is 2.77. The van der Waals surface area contributed by atoms with Crippen LogP contribution in [0.15, 0.2) is 12.1 Å². The summed E-state index contributed by atoms with van der Waals surface area (Å²) in [6, 6.07) is 3.64. The van der Waals surface area contributed by atoms with E-state index in [1.54, 1.807) is 6.07 Å². The molecular formula is C22H31NO6S. The van der Waals surface area contributed by atoms with Gasteiger partial charge in [-0.2, -0.15) is 8.42 Å². The molecule has 2 saturated carbocycles. The summed E-state index contributed by atoms with van der Waals surface area (Å²) in [7, 11) is -4.29. The van der Waals surface area contributed by atoms with Gasteiger partial charge in [0.2, 0.25) is 5.91 Å². The lowest BCUT2D eigenvalue weighted by Crippen LogP contribution is -2.39. The molecule has 3 aliphatic carbocycles. The van der Waals surface area contributed by atoms with Crippen molar-refractivity contribution in [1.82, 2.24) is 4.72 Å². The minimum atomic E-state index is -4.29. The van der Waals surface area contributed by atoms with Gasteiger partial charge in [-0.3, -0.25) is 4.79 Å². The highest BCUT2D eigenvalue weighted by atomic mass is 32.2. The van der Waals surface area contributed by atoms with Gasteiger partial charge >= 0.3 is 10.3 Å². The molecule has 1 aromatic rings. The van der Waals surface area contributed by atoms with Gasteiger partial charge in [0.25, 0.3) is 0 Å². The molecule has 30 heavy (non-hydrogen) atoms. The zero-order valence-electron chi connectivity index (χ0n) is 17.6. The number of fused-ring (bicyclic) bond motifs is 5. The Morgan fingerprint density at radius 3 is 2.77 bits per heavy atom. The molecule has 0 bridgehead atoms. The van der Waals surface area contributed by atoms with E-state index in [4.69, 9.17) is 8.92 Å². The van der Waals surface area contributed by atoms with Gasteiger partial charge in [0.05, 0.1) is 6.61 Å². The minimum Gasteiger partial charge on any atom is -0.487 e. The van der Waals surface area contributed by atoms with E-state index in [0.29, 0.717) is 17.3 Å². The molecule has 7 nitrogen and oxygen atoms in total. The Morgan fingerprint density at radius 2 is 2.03 bits per heavy atom. The topological polar surface area (TPSA) is 102 Å². The molecule has 0 aliphatic heterocycles. The molecule has 0 spiro atoms. The lowest BCUT2D eigenvalue weighted by atomic mass is 9.56. The molecular weight excluding hydrogens is 406 g/mol. The van der Waals surface area contributed by atoms with Crippen molar-refractivity contribution in [2.75, 3.05) is 13.2 Å². The van der Waals surface area contributed by atoms with E-state index in [2.05, 4.69) is 6.92 Å². The number of nitrogens with one attached hydrogen (secondary N) is 1. The number of aliphatic hydroxyl groups is 1. The number of aliphatic hydroxyl groups excluding tert-OH is 1. The molecule has 8 heteroatoms. The normalized spacial score (nSPS) is 30.0. The van der Waals surface area contributed by atoms with Crippen LogP contribution in [0.2, 0.25) is 0 Å². The molecule has 3 unspecified atom stereocenters. The molecule has 1 aromatic carbocycles. The molecule has 4 rings (SSSR count). The van der Waals surface area contributed by atoms with E-state index in [-0.39, 0.29) is 24.7 Å². The van der Waals surface area contributed by atoms with Crippen LogP contribution in [0.5, 0.6) is 11.5 Å². The first-order chi connectivity index (χ1) is 14.2. The number of hydrogen-bond acceptors (Lipinski definition) is 6. The Kier molecular flexibility index (Phi) is 5.74. The van der Waals surface area contributed by atoms with Crippen LogP contribution in [0.3, 0.4) is 0 Å². The van der Waals surface area contributed by atoms with Crippen LogP contribution in [0.25, 0.3) is 0 Å². The molecule has 4 atom stereocenters. The lowest BCUT2D eigenvalue weighted by Gasteiger charge is -2.49. The highest BCUT2D eigenvalue weighted by Crippen LogP contribution is 2.61. The quantitative estimate of drug-likeness (QED) is 0.709. The number of benzene rings is 1. The molecule has 1 amide bonds. The summed E-state index contributed by atoms with van der Waals surface area (Å²) in [6.07, 6.45) is 8.28.